The molecule has 3 N–H and O–H groups in total. The third-order valence-electron chi connectivity index (χ3n) is 6.03. The Bertz CT molecular complexity index is 940. The van der Waals surface area contributed by atoms with Crippen molar-refractivity contribution in [3.63, 3.8) is 0 Å². The first-order valence-corrected chi connectivity index (χ1v) is 11.2. The number of ether oxygens (including phenoxy) is 1. The highest BCUT2D eigenvalue weighted by Gasteiger charge is 2.15. The van der Waals surface area contributed by atoms with E-state index in [1.165, 1.54) is 43.1 Å². The quantitative estimate of drug-likeness (QED) is 0.572. The predicted octanol–water partition coefficient (Wildman–Crippen LogP) is 4.73. The minimum absolute atomic E-state index is 0.306. The Labute approximate surface area is 178 Å². The molecule has 30 heavy (non-hydrogen) atoms. The Hall–Kier alpha value is -2.21. The molecule has 1 unspecified atom stereocenters. The molecule has 2 aliphatic rings. The lowest BCUT2D eigenvalue weighted by Gasteiger charge is -2.11. The molecule has 5 nitrogen and oxygen atoms in total. The molecule has 0 bridgehead atoms. The molecule has 1 aromatic carbocycles. The van der Waals surface area contributed by atoms with Gasteiger partial charge in [0.2, 0.25) is 0 Å². The van der Waals surface area contributed by atoms with Crippen molar-refractivity contribution in [3.8, 4) is 11.3 Å². The molecule has 1 atom stereocenters. The number of hydrogen-bond donors (Lipinski definition) is 3. The van der Waals surface area contributed by atoms with Crippen molar-refractivity contribution in [1.82, 2.24) is 15.3 Å². The molecule has 0 radical (unpaired) electrons. The number of nitrogens with zero attached hydrogens (tertiary/aromatic N) is 1. The largest absolute Gasteiger partial charge is 0.395 e. The first kappa shape index (κ1) is 21.0. The van der Waals surface area contributed by atoms with E-state index in [0.717, 1.165) is 35.4 Å². The van der Waals surface area contributed by atoms with Gasteiger partial charge in [0.15, 0.2) is 0 Å². The molecule has 1 aliphatic heterocycles. The number of H-pyrrole nitrogens is 1. The van der Waals surface area contributed by atoms with E-state index in [2.05, 4.69) is 58.6 Å². The summed E-state index contributed by atoms with van der Waals surface area (Å²) in [5.74, 6) is 0. The zero-order chi connectivity index (χ0) is 20.8. The van der Waals surface area contributed by atoms with Gasteiger partial charge in [-0.3, -0.25) is 4.98 Å². The van der Waals surface area contributed by atoms with E-state index in [-0.39, 0.29) is 0 Å². The van der Waals surface area contributed by atoms with Crippen LogP contribution in [0, 0.1) is 6.92 Å². The molecule has 0 amide bonds. The van der Waals surface area contributed by atoms with Gasteiger partial charge in [-0.1, -0.05) is 31.0 Å². The molecular weight excluding hydrogens is 374 g/mol. The highest BCUT2D eigenvalue weighted by atomic mass is 16.5. The molecule has 5 rings (SSSR count). The van der Waals surface area contributed by atoms with Crippen molar-refractivity contribution in [2.45, 2.75) is 64.2 Å². The topological polar surface area (TPSA) is 70.2 Å². The van der Waals surface area contributed by atoms with Gasteiger partial charge in [0, 0.05) is 22.7 Å². The Kier molecular flexibility index (Phi) is 7.16. The van der Waals surface area contributed by atoms with Gasteiger partial charge in [-0.15, -0.1) is 0 Å². The summed E-state index contributed by atoms with van der Waals surface area (Å²) in [5.41, 5.74) is 5.64. The molecule has 1 saturated carbocycles. The summed E-state index contributed by atoms with van der Waals surface area (Å²) in [6.07, 6.45) is 9.79. The second kappa shape index (κ2) is 10.2. The van der Waals surface area contributed by atoms with Crippen LogP contribution >= 0.6 is 0 Å². The number of aryl methyl sites for hydroxylation is 1. The monoisotopic (exact) mass is 407 g/mol. The van der Waals surface area contributed by atoms with Gasteiger partial charge < -0.3 is 20.1 Å². The zero-order valence-corrected chi connectivity index (χ0v) is 17.9. The van der Waals surface area contributed by atoms with Crippen LogP contribution in [0.15, 0.2) is 42.6 Å². The van der Waals surface area contributed by atoms with Crippen LogP contribution in [0.25, 0.3) is 22.2 Å². The molecule has 5 heteroatoms. The average molecular weight is 408 g/mol. The minimum atomic E-state index is 0.306. The summed E-state index contributed by atoms with van der Waals surface area (Å²) >= 11 is 0. The fourth-order valence-electron chi connectivity index (χ4n) is 4.34. The van der Waals surface area contributed by atoms with Crippen LogP contribution in [0.2, 0.25) is 0 Å². The first-order valence-electron chi connectivity index (χ1n) is 11.2. The number of nitrogens with one attached hydrogen (secondary N) is 2. The van der Waals surface area contributed by atoms with E-state index in [1.807, 2.05) is 6.20 Å². The van der Waals surface area contributed by atoms with Crippen molar-refractivity contribution >= 4 is 10.9 Å². The lowest BCUT2D eigenvalue weighted by molar-refractivity contribution is 0.0457. The maximum atomic E-state index is 8.50. The number of hydrogen-bond acceptors (Lipinski definition) is 4. The number of benzene rings is 1. The normalized spacial score (nSPS) is 19.2. The van der Waals surface area contributed by atoms with Crippen molar-refractivity contribution in [3.05, 3.63) is 53.9 Å². The van der Waals surface area contributed by atoms with E-state index in [1.54, 1.807) is 0 Å². The number of rotatable bonds is 5. The second-order valence-corrected chi connectivity index (χ2v) is 8.50. The van der Waals surface area contributed by atoms with E-state index < -0.39 is 0 Å². The second-order valence-electron chi connectivity index (χ2n) is 8.50. The molecule has 3 heterocycles. The zero-order valence-electron chi connectivity index (χ0n) is 17.9. The fraction of sp³-hybridized carbons (Fsp3) is 0.480. The van der Waals surface area contributed by atoms with Gasteiger partial charge in [-0.05, 0) is 62.9 Å². The minimum Gasteiger partial charge on any atom is -0.395 e. The number of aromatic amines is 1. The third-order valence-corrected chi connectivity index (χ3v) is 6.03. The van der Waals surface area contributed by atoms with Crippen LogP contribution in [0.4, 0.5) is 0 Å². The van der Waals surface area contributed by atoms with Gasteiger partial charge in [-0.25, -0.2) is 0 Å². The van der Waals surface area contributed by atoms with Crippen LogP contribution in [0.5, 0.6) is 0 Å². The summed E-state index contributed by atoms with van der Waals surface area (Å²) in [6, 6.07) is 13.3. The lowest BCUT2D eigenvalue weighted by Crippen LogP contribution is -2.24. The smallest absolute Gasteiger partial charge is 0.0720 e. The van der Waals surface area contributed by atoms with Crippen LogP contribution in [-0.4, -0.2) is 40.4 Å². The number of fused-ring (bicyclic) bond motifs is 1. The van der Waals surface area contributed by atoms with Crippen LogP contribution in [0.3, 0.4) is 0 Å². The van der Waals surface area contributed by atoms with Gasteiger partial charge in [0.05, 0.1) is 36.7 Å². The summed E-state index contributed by atoms with van der Waals surface area (Å²) in [4.78, 5) is 7.91. The average Bonchev–Trinajstić information content (AvgIpc) is 3.53. The summed E-state index contributed by atoms with van der Waals surface area (Å²) < 4.78 is 6.03. The third kappa shape index (κ3) is 5.48. The molecule has 0 spiro atoms. The molecule has 1 aliphatic carbocycles. The van der Waals surface area contributed by atoms with E-state index in [0.29, 0.717) is 25.4 Å². The van der Waals surface area contributed by atoms with Crippen LogP contribution in [-0.2, 0) is 11.3 Å². The van der Waals surface area contributed by atoms with Crippen molar-refractivity contribution in [1.29, 1.82) is 0 Å². The number of aliphatic hydroxyl groups excluding tert-OH is 1. The standard InChI is InChI=1S/C20H22N2O.C5H11NO/c1-14-9-17-11-19(21-12-20(17)22-14)16-6-4-5-15(10-16)13-23-18-7-2-3-8-18;7-4-5-2-1-3-6-5/h4-6,9-12,18,22H,2-3,7-8,13H2,1H3;5-7H,1-4H2. The maximum Gasteiger partial charge on any atom is 0.0720 e. The van der Waals surface area contributed by atoms with Crippen molar-refractivity contribution < 1.29 is 9.84 Å². The van der Waals surface area contributed by atoms with E-state index in [9.17, 15) is 0 Å². The molecule has 160 valence electrons. The highest BCUT2D eigenvalue weighted by Crippen LogP contribution is 2.25. The molecule has 3 aromatic rings. The highest BCUT2D eigenvalue weighted by molar-refractivity contribution is 5.83. The fourth-order valence-corrected chi connectivity index (χ4v) is 4.34. The number of pyridine rings is 1. The Morgan fingerprint density at radius 2 is 1.97 bits per heavy atom. The molecular formula is C25H33N3O2. The predicted molar refractivity (Wildman–Crippen MR) is 121 cm³/mol. The van der Waals surface area contributed by atoms with Gasteiger partial charge in [-0.2, -0.15) is 0 Å². The molecule has 1 saturated heterocycles. The Morgan fingerprint density at radius 1 is 1.10 bits per heavy atom. The van der Waals surface area contributed by atoms with E-state index >= 15 is 0 Å². The Morgan fingerprint density at radius 3 is 2.70 bits per heavy atom. The van der Waals surface area contributed by atoms with Crippen molar-refractivity contribution in [2.75, 3.05) is 13.2 Å². The SMILES string of the molecule is Cc1cc2cc(-c3cccc(COC4CCCC4)c3)ncc2[nH]1.OCC1CCCN1. The lowest BCUT2D eigenvalue weighted by atomic mass is 10.1. The molecule has 2 fully saturated rings. The van der Waals surface area contributed by atoms with Crippen LogP contribution < -0.4 is 5.32 Å². The summed E-state index contributed by atoms with van der Waals surface area (Å²) in [6.45, 7) is 4.16. The van der Waals surface area contributed by atoms with E-state index in [4.69, 9.17) is 9.84 Å². The van der Waals surface area contributed by atoms with Crippen molar-refractivity contribution in [2.24, 2.45) is 0 Å². The van der Waals surface area contributed by atoms with Crippen LogP contribution in [0.1, 0.15) is 49.8 Å². The van der Waals surface area contributed by atoms with Gasteiger partial charge >= 0.3 is 0 Å². The summed E-state index contributed by atoms with van der Waals surface area (Å²) in [7, 11) is 0. The number of aliphatic hydroxyl groups is 1. The number of aromatic nitrogens is 2. The van der Waals surface area contributed by atoms with Gasteiger partial charge in [0.25, 0.3) is 0 Å². The first-order chi connectivity index (χ1) is 14.7. The summed E-state index contributed by atoms with van der Waals surface area (Å²) in [5, 5.41) is 12.9. The maximum absolute atomic E-state index is 8.50. The Balaban J connectivity index is 0.000000265. The molecule has 2 aromatic heterocycles. The van der Waals surface area contributed by atoms with Gasteiger partial charge in [0.1, 0.15) is 0 Å².